The van der Waals surface area contributed by atoms with E-state index in [0.29, 0.717) is 50.3 Å². The van der Waals surface area contributed by atoms with Crippen LogP contribution in [0.5, 0.6) is 0 Å². The van der Waals surface area contributed by atoms with Crippen LogP contribution in [0.25, 0.3) is 0 Å². The second kappa shape index (κ2) is 20.2. The van der Waals surface area contributed by atoms with Gasteiger partial charge in [-0.3, -0.25) is 4.79 Å². The van der Waals surface area contributed by atoms with Crippen LogP contribution in [0.4, 0.5) is 0 Å². The Morgan fingerprint density at radius 3 is 2.59 bits per heavy atom. The number of hydrogen-bond acceptors (Lipinski definition) is 7. The molecule has 0 aromatic heterocycles. The number of aryl methyl sites for hydroxylation is 1. The van der Waals surface area contributed by atoms with Crippen molar-refractivity contribution < 1.29 is 25.2 Å². The molecule has 3 aliphatic carbocycles. The highest BCUT2D eigenvalue weighted by atomic mass is 16.3. The van der Waals surface area contributed by atoms with E-state index >= 15 is 0 Å². The Bertz CT molecular complexity index is 1910. The number of aldehydes is 1. The van der Waals surface area contributed by atoms with Crippen LogP contribution < -0.4 is 10.6 Å². The minimum atomic E-state index is -1.23. The molecule has 59 heavy (non-hydrogen) atoms. The van der Waals surface area contributed by atoms with Crippen molar-refractivity contribution in [1.29, 1.82) is 0 Å². The fraction of sp³-hybridized carbons (Fsp3) is 0.519. The zero-order valence-electron chi connectivity index (χ0n) is 36.0. The molecule has 1 aliphatic heterocycles. The zero-order chi connectivity index (χ0) is 42.2. The van der Waals surface area contributed by atoms with E-state index in [9.17, 15) is 25.2 Å². The van der Waals surface area contributed by atoms with Crippen molar-refractivity contribution in [1.82, 2.24) is 10.6 Å². The Morgan fingerprint density at radius 2 is 1.86 bits per heavy atom. The maximum absolute atomic E-state index is 12.9. The Kier molecular flexibility index (Phi) is 15.4. The van der Waals surface area contributed by atoms with Gasteiger partial charge in [0.05, 0.1) is 18.3 Å². The van der Waals surface area contributed by atoms with Crippen LogP contribution in [-0.4, -0.2) is 77.8 Å². The molecule has 2 fully saturated rings. The third-order valence-electron chi connectivity index (χ3n) is 14.6. The van der Waals surface area contributed by atoms with Gasteiger partial charge in [-0.2, -0.15) is 0 Å². The highest BCUT2D eigenvalue weighted by Crippen LogP contribution is 2.67. The number of hydrogen-bond donors (Lipinski definition) is 6. The van der Waals surface area contributed by atoms with Crippen LogP contribution in [0.2, 0.25) is 0 Å². The van der Waals surface area contributed by atoms with Crippen molar-refractivity contribution in [3.63, 3.8) is 0 Å². The zero-order valence-corrected chi connectivity index (χ0v) is 36.0. The quantitative estimate of drug-likeness (QED) is 0.0501. The first kappa shape index (κ1) is 44.9. The molecular formula is C52H70N2O5. The molecule has 7 nitrogen and oxygen atoms in total. The SMILES string of the molecule is C=C(C=CC=C(CO)C1CCC2(C1O)C1C(=C(C)C=O)C(C=CC1CCO)CC2(O)CCNC)C1CC=C(C)CNC(C)Cc2cccc(c2)C1CCc1ccccc1. The average molecular weight is 803 g/mol. The fourth-order valence-electron chi connectivity index (χ4n) is 11.6. The number of nitrogens with one attached hydrogen (secondary N) is 2. The highest BCUT2D eigenvalue weighted by Gasteiger charge is 2.68. The molecular weight excluding hydrogens is 733 g/mol. The Balaban J connectivity index is 1.34. The van der Waals surface area contributed by atoms with Gasteiger partial charge in [-0.05, 0) is 144 Å². The fourth-order valence-corrected chi connectivity index (χ4v) is 11.6. The summed E-state index contributed by atoms with van der Waals surface area (Å²) >= 11 is 0. The van der Waals surface area contributed by atoms with Crippen LogP contribution >= 0.6 is 0 Å². The summed E-state index contributed by atoms with van der Waals surface area (Å²) in [5.74, 6) is -0.598. The van der Waals surface area contributed by atoms with E-state index in [2.05, 4.69) is 103 Å². The number of rotatable bonds is 14. The van der Waals surface area contributed by atoms with E-state index in [1.807, 2.05) is 26.1 Å². The van der Waals surface area contributed by atoms with Gasteiger partial charge in [-0.25, -0.2) is 0 Å². The van der Waals surface area contributed by atoms with Crippen molar-refractivity contribution in [2.24, 2.45) is 35.0 Å². The summed E-state index contributed by atoms with van der Waals surface area (Å²) in [5, 5.41) is 53.7. The van der Waals surface area contributed by atoms with Gasteiger partial charge in [-0.1, -0.05) is 114 Å². The third kappa shape index (κ3) is 9.62. The van der Waals surface area contributed by atoms with Crippen LogP contribution in [0.1, 0.15) is 88.3 Å². The smallest absolute Gasteiger partial charge is 0.145 e. The van der Waals surface area contributed by atoms with E-state index in [1.54, 1.807) is 0 Å². The summed E-state index contributed by atoms with van der Waals surface area (Å²) < 4.78 is 0. The molecule has 318 valence electrons. The Labute approximate surface area is 353 Å². The van der Waals surface area contributed by atoms with Crippen LogP contribution in [-0.2, 0) is 17.6 Å². The van der Waals surface area contributed by atoms with Gasteiger partial charge >= 0.3 is 0 Å². The number of benzene rings is 2. The van der Waals surface area contributed by atoms with Crippen molar-refractivity contribution >= 4 is 6.29 Å². The van der Waals surface area contributed by atoms with Gasteiger partial charge in [-0.15, -0.1) is 0 Å². The lowest BCUT2D eigenvalue weighted by Gasteiger charge is -2.61. The highest BCUT2D eigenvalue weighted by molar-refractivity contribution is 5.74. The van der Waals surface area contributed by atoms with E-state index in [1.165, 1.54) is 22.3 Å². The first-order valence-corrected chi connectivity index (χ1v) is 22.2. The van der Waals surface area contributed by atoms with Gasteiger partial charge in [0.2, 0.25) is 0 Å². The maximum atomic E-state index is 12.9. The minimum absolute atomic E-state index is 0.0321. The van der Waals surface area contributed by atoms with Crippen molar-refractivity contribution in [2.75, 3.05) is 33.4 Å². The molecule has 0 radical (unpaired) electrons. The first-order chi connectivity index (χ1) is 28.5. The van der Waals surface area contributed by atoms with E-state index in [4.69, 9.17) is 6.58 Å². The molecule has 4 aliphatic rings. The monoisotopic (exact) mass is 803 g/mol. The molecule has 0 amide bonds. The molecule has 10 atom stereocenters. The van der Waals surface area contributed by atoms with Crippen molar-refractivity contribution in [3.05, 3.63) is 142 Å². The molecule has 2 saturated carbocycles. The van der Waals surface area contributed by atoms with Crippen molar-refractivity contribution in [2.45, 2.75) is 102 Å². The summed E-state index contributed by atoms with van der Waals surface area (Å²) in [7, 11) is 1.87. The summed E-state index contributed by atoms with van der Waals surface area (Å²) in [6.07, 6.45) is 18.8. The van der Waals surface area contributed by atoms with Crippen LogP contribution in [0.3, 0.4) is 0 Å². The van der Waals surface area contributed by atoms with Gasteiger partial charge in [0, 0.05) is 36.4 Å². The Hall–Kier alpha value is -3.69. The predicted molar refractivity (Wildman–Crippen MR) is 240 cm³/mol. The largest absolute Gasteiger partial charge is 0.396 e. The van der Waals surface area contributed by atoms with E-state index in [-0.39, 0.29) is 42.8 Å². The average Bonchev–Trinajstić information content (AvgIpc) is 3.58. The summed E-state index contributed by atoms with van der Waals surface area (Å²) in [6, 6.07) is 20.2. The summed E-state index contributed by atoms with van der Waals surface area (Å²) in [6.45, 7) is 12.2. The topological polar surface area (TPSA) is 122 Å². The second-order valence-corrected chi connectivity index (χ2v) is 18.2. The molecule has 1 spiro atoms. The molecule has 7 heteroatoms. The van der Waals surface area contributed by atoms with Gasteiger partial charge in [0.15, 0.2) is 0 Å². The van der Waals surface area contributed by atoms with E-state index < -0.39 is 23.0 Å². The molecule has 4 bridgehead atoms. The summed E-state index contributed by atoms with van der Waals surface area (Å²) in [5.41, 5.74) is 6.48. The van der Waals surface area contributed by atoms with Crippen LogP contribution in [0.15, 0.2) is 125 Å². The first-order valence-electron chi connectivity index (χ1n) is 22.2. The predicted octanol–water partition coefficient (Wildman–Crippen LogP) is 7.74. The van der Waals surface area contributed by atoms with Gasteiger partial charge in [0.25, 0.3) is 0 Å². The molecule has 0 saturated heterocycles. The minimum Gasteiger partial charge on any atom is -0.396 e. The molecule has 6 rings (SSSR count). The summed E-state index contributed by atoms with van der Waals surface area (Å²) in [4.78, 5) is 12.4. The lowest BCUT2D eigenvalue weighted by atomic mass is 9.45. The number of allylic oxidation sites excluding steroid dienone is 9. The number of carbonyl (C=O) groups is 1. The molecule has 10 unspecified atom stereocenters. The lowest BCUT2D eigenvalue weighted by Crippen LogP contribution is -2.65. The molecule has 1 heterocycles. The number of aliphatic hydroxyl groups excluding tert-OH is 3. The maximum Gasteiger partial charge on any atom is 0.145 e. The molecule has 6 N–H and O–H groups in total. The van der Waals surface area contributed by atoms with Gasteiger partial charge in [0.1, 0.15) is 6.29 Å². The van der Waals surface area contributed by atoms with Gasteiger partial charge < -0.3 is 31.1 Å². The number of carbonyl (C=O) groups excluding carboxylic acids is 1. The second-order valence-electron chi connectivity index (χ2n) is 18.2. The number of fused-ring (bicyclic) bond motifs is 5. The van der Waals surface area contributed by atoms with Crippen LogP contribution in [0, 0.1) is 35.0 Å². The third-order valence-corrected chi connectivity index (χ3v) is 14.6. The number of aliphatic hydroxyl groups is 4. The van der Waals surface area contributed by atoms with Crippen molar-refractivity contribution in [3.8, 4) is 0 Å². The molecule has 2 aromatic rings. The standard InChI is InChI=1S/C52H70N2O5/c1-35-17-21-45(46(22-18-39-12-7-6-8-13-39)42-15-10-14-40(30-42)29-38(4)54-32-35)36(2)11-9-16-44(34-57)47-23-25-52(50(47)58)49-41(24-28-55)19-20-43(48(49)37(3)33-56)31-51(52,59)26-27-53-5/h6-17,19-20,30,33,38,41,43,45-47,49-50,53-55,57-59H,2,18,21-29,31-32,34H2,1,3-5H3. The van der Waals surface area contributed by atoms with E-state index in [0.717, 1.165) is 55.2 Å². The molecule has 2 aromatic carbocycles. The normalized spacial score (nSPS) is 33.4. The lowest BCUT2D eigenvalue weighted by molar-refractivity contribution is -0.194. The Morgan fingerprint density at radius 1 is 1.07 bits per heavy atom.